The molecule has 0 atom stereocenters. The molecule has 0 radical (unpaired) electrons. The third-order valence-corrected chi connectivity index (χ3v) is 3.20. The molecule has 1 heterocycles. The van der Waals surface area contributed by atoms with Crippen LogP contribution < -0.4 is 10.6 Å². The second-order valence-electron chi connectivity index (χ2n) is 5.30. The maximum Gasteiger partial charge on any atom is 0.315 e. The van der Waals surface area contributed by atoms with Gasteiger partial charge in [-0.1, -0.05) is 12.0 Å². The van der Waals surface area contributed by atoms with Crippen molar-refractivity contribution >= 4 is 6.01 Å². The Hall–Kier alpha value is -1.10. The molecule has 0 bridgehead atoms. The van der Waals surface area contributed by atoms with Gasteiger partial charge in [-0.2, -0.15) is 0 Å². The second kappa shape index (κ2) is 5.04. The molecule has 2 rings (SSSR count). The fourth-order valence-electron chi connectivity index (χ4n) is 1.93. The highest BCUT2D eigenvalue weighted by Gasteiger charge is 2.38. The molecule has 0 saturated heterocycles. The Labute approximate surface area is 102 Å². The molecule has 1 aromatic rings. The number of hydrogen-bond donors (Lipinski definition) is 2. The lowest BCUT2D eigenvalue weighted by Crippen LogP contribution is -2.33. The molecule has 0 aliphatic heterocycles. The molecule has 1 aliphatic carbocycles. The predicted molar refractivity (Wildman–Crippen MR) is 66.7 cm³/mol. The molecule has 1 saturated carbocycles. The summed E-state index contributed by atoms with van der Waals surface area (Å²) in [5, 5.41) is 14.6. The van der Waals surface area contributed by atoms with Crippen LogP contribution in [0.2, 0.25) is 0 Å². The van der Waals surface area contributed by atoms with Crippen LogP contribution in [-0.2, 0) is 6.54 Å². The molecule has 0 spiro atoms. The van der Waals surface area contributed by atoms with E-state index in [0.29, 0.717) is 18.5 Å². The molecular formula is C12H22N4O. The Morgan fingerprint density at radius 1 is 1.35 bits per heavy atom. The maximum absolute atomic E-state index is 5.55. The van der Waals surface area contributed by atoms with Gasteiger partial charge in [0.1, 0.15) is 0 Å². The number of nitrogens with one attached hydrogen (secondary N) is 2. The van der Waals surface area contributed by atoms with Crippen LogP contribution in [0.5, 0.6) is 0 Å². The number of anilines is 1. The van der Waals surface area contributed by atoms with Crippen LogP contribution in [0.4, 0.5) is 6.01 Å². The van der Waals surface area contributed by atoms with Crippen molar-refractivity contribution in [2.24, 2.45) is 5.92 Å². The van der Waals surface area contributed by atoms with Crippen molar-refractivity contribution in [3.8, 4) is 0 Å². The maximum atomic E-state index is 5.55. The van der Waals surface area contributed by atoms with Crippen LogP contribution >= 0.6 is 0 Å². The van der Waals surface area contributed by atoms with Gasteiger partial charge in [0.2, 0.25) is 5.89 Å². The van der Waals surface area contributed by atoms with E-state index >= 15 is 0 Å². The highest BCUT2D eigenvalue weighted by Crippen LogP contribution is 2.40. The zero-order valence-corrected chi connectivity index (χ0v) is 10.9. The summed E-state index contributed by atoms with van der Waals surface area (Å²) in [5.41, 5.74) is 0.0562. The van der Waals surface area contributed by atoms with Crippen LogP contribution in [-0.4, -0.2) is 22.3 Å². The third-order valence-electron chi connectivity index (χ3n) is 3.20. The monoisotopic (exact) mass is 238 g/mol. The number of nitrogens with zero attached hydrogens (tertiary/aromatic N) is 2. The fraction of sp³-hybridized carbons (Fsp3) is 0.833. The minimum atomic E-state index is 0.0562. The van der Waals surface area contributed by atoms with E-state index < -0.39 is 0 Å². The zero-order valence-electron chi connectivity index (χ0n) is 10.9. The zero-order chi connectivity index (χ0) is 12.3. The molecule has 5 nitrogen and oxygen atoms in total. The summed E-state index contributed by atoms with van der Waals surface area (Å²) >= 11 is 0. The van der Waals surface area contributed by atoms with E-state index in [1.165, 1.54) is 12.8 Å². The first-order valence-corrected chi connectivity index (χ1v) is 6.43. The van der Waals surface area contributed by atoms with Crippen molar-refractivity contribution in [2.45, 2.75) is 52.1 Å². The summed E-state index contributed by atoms with van der Waals surface area (Å²) in [4.78, 5) is 0. The molecule has 1 fully saturated rings. The SMILES string of the molecule is CCCNCc1nnc(NC(C)(C)C2CC2)o1. The number of hydrogen-bond acceptors (Lipinski definition) is 5. The lowest BCUT2D eigenvalue weighted by atomic mass is 9.99. The minimum Gasteiger partial charge on any atom is -0.407 e. The van der Waals surface area contributed by atoms with E-state index in [0.717, 1.165) is 18.9 Å². The largest absolute Gasteiger partial charge is 0.407 e. The summed E-state index contributed by atoms with van der Waals surface area (Å²) in [6.07, 6.45) is 3.69. The van der Waals surface area contributed by atoms with Crippen LogP contribution in [0.1, 0.15) is 45.9 Å². The molecular weight excluding hydrogens is 216 g/mol. The van der Waals surface area contributed by atoms with Crippen molar-refractivity contribution in [2.75, 3.05) is 11.9 Å². The third kappa shape index (κ3) is 3.43. The van der Waals surface area contributed by atoms with Gasteiger partial charge in [0.15, 0.2) is 0 Å². The van der Waals surface area contributed by atoms with Crippen LogP contribution in [0.25, 0.3) is 0 Å². The van der Waals surface area contributed by atoms with Gasteiger partial charge < -0.3 is 15.1 Å². The van der Waals surface area contributed by atoms with Gasteiger partial charge in [0, 0.05) is 5.54 Å². The first-order valence-electron chi connectivity index (χ1n) is 6.43. The summed E-state index contributed by atoms with van der Waals surface area (Å²) < 4.78 is 5.55. The first kappa shape index (κ1) is 12.4. The van der Waals surface area contributed by atoms with E-state index in [2.05, 4.69) is 41.6 Å². The Kier molecular flexibility index (Phi) is 3.66. The van der Waals surface area contributed by atoms with Gasteiger partial charge in [-0.15, -0.1) is 5.10 Å². The van der Waals surface area contributed by atoms with E-state index in [1.54, 1.807) is 0 Å². The van der Waals surface area contributed by atoms with E-state index in [-0.39, 0.29) is 5.54 Å². The summed E-state index contributed by atoms with van der Waals surface area (Å²) in [6.45, 7) is 8.12. The Bertz CT molecular complexity index is 357. The standard InChI is InChI=1S/C12H22N4O/c1-4-7-13-8-10-15-16-11(17-10)14-12(2,3)9-5-6-9/h9,13H,4-8H2,1-3H3,(H,14,16). The van der Waals surface area contributed by atoms with Gasteiger partial charge in [0.05, 0.1) is 6.54 Å². The van der Waals surface area contributed by atoms with Gasteiger partial charge in [-0.05, 0) is 45.6 Å². The lowest BCUT2D eigenvalue weighted by molar-refractivity contribution is 0.438. The van der Waals surface area contributed by atoms with E-state index in [4.69, 9.17) is 4.42 Å². The number of rotatable bonds is 7. The van der Waals surface area contributed by atoms with Crippen molar-refractivity contribution in [3.63, 3.8) is 0 Å². The fourth-order valence-corrected chi connectivity index (χ4v) is 1.93. The molecule has 1 aromatic heterocycles. The molecule has 1 aliphatic rings. The van der Waals surface area contributed by atoms with Gasteiger partial charge >= 0.3 is 6.01 Å². The van der Waals surface area contributed by atoms with Crippen LogP contribution in [0.3, 0.4) is 0 Å². The van der Waals surface area contributed by atoms with Crippen LogP contribution in [0, 0.1) is 5.92 Å². The first-order chi connectivity index (χ1) is 8.12. The summed E-state index contributed by atoms with van der Waals surface area (Å²) in [6, 6.07) is 0.537. The lowest BCUT2D eigenvalue weighted by Gasteiger charge is -2.24. The van der Waals surface area contributed by atoms with Crippen molar-refractivity contribution < 1.29 is 4.42 Å². The molecule has 2 N–H and O–H groups in total. The minimum absolute atomic E-state index is 0.0562. The Morgan fingerprint density at radius 3 is 2.76 bits per heavy atom. The average molecular weight is 238 g/mol. The van der Waals surface area contributed by atoms with Crippen molar-refractivity contribution in [1.29, 1.82) is 0 Å². The molecule has 96 valence electrons. The molecule has 5 heteroatoms. The second-order valence-corrected chi connectivity index (χ2v) is 5.30. The summed E-state index contributed by atoms with van der Waals surface area (Å²) in [7, 11) is 0. The Morgan fingerprint density at radius 2 is 2.12 bits per heavy atom. The predicted octanol–water partition coefficient (Wildman–Crippen LogP) is 2.17. The van der Waals surface area contributed by atoms with Gasteiger partial charge in [-0.3, -0.25) is 0 Å². The van der Waals surface area contributed by atoms with Crippen LogP contribution in [0.15, 0.2) is 4.42 Å². The molecule has 0 amide bonds. The highest BCUT2D eigenvalue weighted by molar-refractivity contribution is 5.25. The highest BCUT2D eigenvalue weighted by atomic mass is 16.4. The summed E-state index contributed by atoms with van der Waals surface area (Å²) in [5.74, 6) is 1.38. The van der Waals surface area contributed by atoms with E-state index in [9.17, 15) is 0 Å². The van der Waals surface area contributed by atoms with Crippen molar-refractivity contribution in [1.82, 2.24) is 15.5 Å². The topological polar surface area (TPSA) is 63.0 Å². The van der Waals surface area contributed by atoms with Gasteiger partial charge in [0.25, 0.3) is 0 Å². The average Bonchev–Trinajstić information content (AvgIpc) is 3.04. The molecule has 0 aromatic carbocycles. The Balaban J connectivity index is 1.85. The number of aromatic nitrogens is 2. The van der Waals surface area contributed by atoms with Crippen molar-refractivity contribution in [3.05, 3.63) is 5.89 Å². The molecule has 0 unspecified atom stereocenters. The smallest absolute Gasteiger partial charge is 0.315 e. The van der Waals surface area contributed by atoms with Gasteiger partial charge in [-0.25, -0.2) is 0 Å². The van der Waals surface area contributed by atoms with E-state index in [1.807, 2.05) is 0 Å². The quantitative estimate of drug-likeness (QED) is 0.713. The molecule has 17 heavy (non-hydrogen) atoms. The normalized spacial score (nSPS) is 16.2.